The Balaban J connectivity index is 1.92. The number of carbonyl (C=O) groups is 1. The fourth-order valence-corrected chi connectivity index (χ4v) is 4.01. The van der Waals surface area contributed by atoms with Gasteiger partial charge in [0, 0.05) is 18.1 Å². The molecule has 2 aromatic carbocycles. The van der Waals surface area contributed by atoms with Crippen LogP contribution in [-0.4, -0.2) is 19.3 Å². The highest BCUT2D eigenvalue weighted by molar-refractivity contribution is 7.92. The van der Waals surface area contributed by atoms with Crippen LogP contribution in [0.4, 0.5) is 11.4 Å². The summed E-state index contributed by atoms with van der Waals surface area (Å²) in [5.74, 6) is -0.416. The van der Waals surface area contributed by atoms with E-state index >= 15 is 0 Å². The zero-order valence-corrected chi connectivity index (χ0v) is 15.7. The van der Waals surface area contributed by atoms with Crippen LogP contribution in [0.1, 0.15) is 21.5 Å². The number of hydrogen-bond donors (Lipinski definition) is 2. The summed E-state index contributed by atoms with van der Waals surface area (Å²) in [6.07, 6.45) is 3.12. The van der Waals surface area contributed by atoms with Crippen LogP contribution in [0.15, 0.2) is 71.9 Å². The van der Waals surface area contributed by atoms with E-state index < -0.39 is 15.9 Å². The lowest BCUT2D eigenvalue weighted by Gasteiger charge is -2.14. The Bertz CT molecular complexity index is 1080. The zero-order valence-electron chi connectivity index (χ0n) is 14.9. The molecule has 0 aliphatic carbocycles. The molecule has 0 radical (unpaired) electrons. The molecule has 6 nitrogen and oxygen atoms in total. The van der Waals surface area contributed by atoms with Crippen LogP contribution in [0.25, 0.3) is 0 Å². The summed E-state index contributed by atoms with van der Waals surface area (Å²) in [6, 6.07) is 15.0. The van der Waals surface area contributed by atoms with E-state index in [4.69, 9.17) is 0 Å². The van der Waals surface area contributed by atoms with E-state index in [0.29, 0.717) is 11.3 Å². The molecular weight excluding hydrogens is 362 g/mol. The molecule has 0 unspecified atom stereocenters. The fourth-order valence-electron chi connectivity index (χ4n) is 2.60. The third kappa shape index (κ3) is 4.32. The van der Waals surface area contributed by atoms with Crippen molar-refractivity contribution in [2.45, 2.75) is 18.7 Å². The van der Waals surface area contributed by atoms with Crippen molar-refractivity contribution in [2.24, 2.45) is 0 Å². The first-order valence-corrected chi connectivity index (χ1v) is 9.75. The number of nitrogens with zero attached hydrogens (tertiary/aromatic N) is 1. The summed E-state index contributed by atoms with van der Waals surface area (Å²) in [4.78, 5) is 16.7. The van der Waals surface area contributed by atoms with Gasteiger partial charge in [-0.15, -0.1) is 0 Å². The van der Waals surface area contributed by atoms with Crippen molar-refractivity contribution >= 4 is 27.3 Å². The number of benzene rings is 2. The monoisotopic (exact) mass is 381 g/mol. The van der Waals surface area contributed by atoms with E-state index in [1.807, 2.05) is 13.0 Å². The Kier molecular flexibility index (Phi) is 5.23. The minimum absolute atomic E-state index is 0.187. The Morgan fingerprint density at radius 2 is 1.67 bits per heavy atom. The van der Waals surface area contributed by atoms with Gasteiger partial charge in [-0.05, 0) is 55.3 Å². The first kappa shape index (κ1) is 18.6. The third-order valence-electron chi connectivity index (χ3n) is 3.99. The van der Waals surface area contributed by atoms with E-state index in [9.17, 15) is 13.2 Å². The molecule has 0 aliphatic heterocycles. The SMILES string of the molecule is Cc1ccc(C)c(S(=O)(=O)Nc2ccccc2C(=O)Nc2ccncc2)c1. The summed E-state index contributed by atoms with van der Waals surface area (Å²) in [6.45, 7) is 3.56. The Morgan fingerprint density at radius 1 is 0.963 bits per heavy atom. The van der Waals surface area contributed by atoms with E-state index in [2.05, 4.69) is 15.0 Å². The quantitative estimate of drug-likeness (QED) is 0.704. The minimum atomic E-state index is -3.84. The van der Waals surface area contributed by atoms with Crippen molar-refractivity contribution in [2.75, 3.05) is 10.0 Å². The maximum absolute atomic E-state index is 12.9. The number of carbonyl (C=O) groups excluding carboxylic acids is 1. The number of hydrogen-bond acceptors (Lipinski definition) is 4. The highest BCUT2D eigenvalue weighted by Gasteiger charge is 2.20. The first-order valence-electron chi connectivity index (χ1n) is 8.27. The average Bonchev–Trinajstić information content (AvgIpc) is 2.64. The maximum atomic E-state index is 12.9. The van der Waals surface area contributed by atoms with Crippen molar-refractivity contribution in [1.29, 1.82) is 0 Å². The molecule has 0 fully saturated rings. The van der Waals surface area contributed by atoms with Crippen LogP contribution in [0.2, 0.25) is 0 Å². The van der Waals surface area contributed by atoms with Crippen LogP contribution in [-0.2, 0) is 10.0 Å². The standard InChI is InChI=1S/C20H19N3O3S/c1-14-7-8-15(2)19(13-14)27(25,26)23-18-6-4-3-5-17(18)20(24)22-16-9-11-21-12-10-16/h3-13,23H,1-2H3,(H,21,22,24). The molecule has 1 amide bonds. The topological polar surface area (TPSA) is 88.2 Å². The van der Waals surface area contributed by atoms with Gasteiger partial charge in [0.15, 0.2) is 0 Å². The minimum Gasteiger partial charge on any atom is -0.322 e. The molecule has 1 aromatic heterocycles. The number of anilines is 2. The molecule has 0 saturated carbocycles. The van der Waals surface area contributed by atoms with Crippen LogP contribution >= 0.6 is 0 Å². The lowest BCUT2D eigenvalue weighted by Crippen LogP contribution is -2.19. The summed E-state index contributed by atoms with van der Waals surface area (Å²) in [5.41, 5.74) is 2.48. The second kappa shape index (κ2) is 7.59. The van der Waals surface area contributed by atoms with Crippen molar-refractivity contribution in [3.63, 3.8) is 0 Å². The van der Waals surface area contributed by atoms with Gasteiger partial charge in [-0.2, -0.15) is 0 Å². The summed E-state index contributed by atoms with van der Waals surface area (Å²) in [7, 11) is -3.84. The second-order valence-corrected chi connectivity index (χ2v) is 7.76. The van der Waals surface area contributed by atoms with Crippen molar-refractivity contribution in [3.05, 3.63) is 83.7 Å². The molecule has 0 bridgehead atoms. The fraction of sp³-hybridized carbons (Fsp3) is 0.100. The van der Waals surface area contributed by atoms with Crippen molar-refractivity contribution < 1.29 is 13.2 Å². The average molecular weight is 381 g/mol. The van der Waals surface area contributed by atoms with Gasteiger partial charge in [0.05, 0.1) is 16.1 Å². The van der Waals surface area contributed by atoms with Gasteiger partial charge in [-0.1, -0.05) is 24.3 Å². The summed E-state index contributed by atoms with van der Waals surface area (Å²) >= 11 is 0. The summed E-state index contributed by atoms with van der Waals surface area (Å²) < 4.78 is 28.3. The van der Waals surface area contributed by atoms with Gasteiger partial charge in [-0.25, -0.2) is 8.42 Å². The molecule has 138 valence electrons. The molecule has 2 N–H and O–H groups in total. The number of nitrogens with one attached hydrogen (secondary N) is 2. The molecule has 0 spiro atoms. The van der Waals surface area contributed by atoms with Gasteiger partial charge in [-0.3, -0.25) is 14.5 Å². The van der Waals surface area contributed by atoms with Crippen LogP contribution in [0.3, 0.4) is 0 Å². The third-order valence-corrected chi connectivity index (χ3v) is 5.49. The van der Waals surface area contributed by atoms with Crippen molar-refractivity contribution in [3.8, 4) is 0 Å². The lowest BCUT2D eigenvalue weighted by molar-refractivity contribution is 0.102. The van der Waals surface area contributed by atoms with E-state index in [0.717, 1.165) is 5.56 Å². The number of sulfonamides is 1. The largest absolute Gasteiger partial charge is 0.322 e. The number of pyridine rings is 1. The molecule has 1 heterocycles. The first-order chi connectivity index (χ1) is 12.9. The number of rotatable bonds is 5. The molecule has 0 aliphatic rings. The Hall–Kier alpha value is -3.19. The van der Waals surface area contributed by atoms with E-state index in [1.54, 1.807) is 67.8 Å². The Morgan fingerprint density at radius 3 is 2.41 bits per heavy atom. The molecular formula is C20H19N3O3S. The number of aryl methyl sites for hydroxylation is 2. The summed E-state index contributed by atoms with van der Waals surface area (Å²) in [5, 5.41) is 2.73. The molecule has 3 aromatic rings. The van der Waals surface area contributed by atoms with Crippen molar-refractivity contribution in [1.82, 2.24) is 4.98 Å². The molecule has 0 atom stereocenters. The van der Waals surface area contributed by atoms with Crippen LogP contribution in [0.5, 0.6) is 0 Å². The van der Waals surface area contributed by atoms with E-state index in [-0.39, 0.29) is 16.1 Å². The maximum Gasteiger partial charge on any atom is 0.262 e. The van der Waals surface area contributed by atoms with Gasteiger partial charge in [0.2, 0.25) is 0 Å². The number of para-hydroxylation sites is 1. The molecule has 3 rings (SSSR count). The van der Waals surface area contributed by atoms with Crippen LogP contribution in [0, 0.1) is 13.8 Å². The van der Waals surface area contributed by atoms with Crippen LogP contribution < -0.4 is 10.0 Å². The number of amides is 1. The van der Waals surface area contributed by atoms with Gasteiger partial charge in [0.25, 0.3) is 15.9 Å². The van der Waals surface area contributed by atoms with E-state index in [1.165, 1.54) is 0 Å². The lowest BCUT2D eigenvalue weighted by atomic mass is 10.1. The smallest absolute Gasteiger partial charge is 0.262 e. The predicted molar refractivity (Wildman–Crippen MR) is 105 cm³/mol. The molecule has 7 heteroatoms. The zero-order chi connectivity index (χ0) is 19.4. The molecule has 0 saturated heterocycles. The normalized spacial score (nSPS) is 11.0. The van der Waals surface area contributed by atoms with Gasteiger partial charge < -0.3 is 5.32 Å². The second-order valence-electron chi connectivity index (χ2n) is 6.11. The number of aromatic nitrogens is 1. The van der Waals surface area contributed by atoms with Gasteiger partial charge in [0.1, 0.15) is 0 Å². The highest BCUT2D eigenvalue weighted by atomic mass is 32.2. The highest BCUT2D eigenvalue weighted by Crippen LogP contribution is 2.23. The Labute approximate surface area is 158 Å². The van der Waals surface area contributed by atoms with Gasteiger partial charge >= 0.3 is 0 Å². The molecule has 27 heavy (non-hydrogen) atoms. The predicted octanol–water partition coefficient (Wildman–Crippen LogP) is 3.75.